The summed E-state index contributed by atoms with van der Waals surface area (Å²) in [6.45, 7) is 4.74. The standard InChI is InChI=1S/C9H14N2O4S2/c1-6-10-5-8(16-6)17(14,15)11-9(2,3)4-7(12)13/h5,11H,4H2,1-3H3,(H,12,13). The number of carbonyl (C=O) groups is 1. The summed E-state index contributed by atoms with van der Waals surface area (Å²) in [5.41, 5.74) is -1.04. The van der Waals surface area contributed by atoms with Crippen LogP contribution in [0, 0.1) is 6.92 Å². The minimum Gasteiger partial charge on any atom is -0.481 e. The maximum Gasteiger partial charge on any atom is 0.305 e. The maximum atomic E-state index is 11.9. The molecule has 0 saturated heterocycles. The van der Waals surface area contributed by atoms with Crippen LogP contribution in [0.15, 0.2) is 10.4 Å². The molecule has 0 radical (unpaired) electrons. The molecule has 0 aliphatic rings. The number of sulfonamides is 1. The molecule has 0 aromatic carbocycles. The number of thiazole rings is 1. The molecule has 1 heterocycles. The van der Waals surface area contributed by atoms with Gasteiger partial charge in [-0.1, -0.05) is 0 Å². The average Bonchev–Trinajstić information content (AvgIpc) is 2.46. The van der Waals surface area contributed by atoms with Crippen LogP contribution in [0.25, 0.3) is 0 Å². The largest absolute Gasteiger partial charge is 0.481 e. The number of aryl methyl sites for hydroxylation is 1. The van der Waals surface area contributed by atoms with Crippen molar-refractivity contribution in [1.29, 1.82) is 0 Å². The lowest BCUT2D eigenvalue weighted by molar-refractivity contribution is -0.138. The molecule has 0 amide bonds. The number of nitrogens with zero attached hydrogens (tertiary/aromatic N) is 1. The van der Waals surface area contributed by atoms with Crippen molar-refractivity contribution in [2.45, 2.75) is 36.9 Å². The molecule has 0 saturated carbocycles. The zero-order valence-electron chi connectivity index (χ0n) is 9.72. The minimum absolute atomic E-state index is 0.0912. The highest BCUT2D eigenvalue weighted by Gasteiger charge is 2.29. The zero-order valence-corrected chi connectivity index (χ0v) is 11.4. The minimum atomic E-state index is -3.70. The molecule has 0 bridgehead atoms. The second-order valence-electron chi connectivity index (χ2n) is 4.26. The lowest BCUT2D eigenvalue weighted by atomic mass is 10.0. The molecule has 0 atom stereocenters. The van der Waals surface area contributed by atoms with Gasteiger partial charge in [-0.3, -0.25) is 4.79 Å². The van der Waals surface area contributed by atoms with Gasteiger partial charge in [-0.25, -0.2) is 18.1 Å². The molecule has 0 fully saturated rings. The Bertz CT molecular complexity index is 519. The highest BCUT2D eigenvalue weighted by Crippen LogP contribution is 2.20. The first-order valence-electron chi connectivity index (χ1n) is 4.81. The quantitative estimate of drug-likeness (QED) is 0.837. The third-order valence-electron chi connectivity index (χ3n) is 1.87. The molecule has 17 heavy (non-hydrogen) atoms. The molecule has 1 rings (SSSR count). The summed E-state index contributed by atoms with van der Waals surface area (Å²) in [7, 11) is -3.70. The third-order valence-corrected chi connectivity index (χ3v) is 4.94. The van der Waals surface area contributed by atoms with E-state index in [2.05, 4.69) is 9.71 Å². The predicted molar refractivity (Wildman–Crippen MR) is 63.5 cm³/mol. The van der Waals surface area contributed by atoms with E-state index >= 15 is 0 Å². The summed E-state index contributed by atoms with van der Waals surface area (Å²) in [4.78, 5) is 14.5. The van der Waals surface area contributed by atoms with Crippen LogP contribution in [-0.4, -0.2) is 30.0 Å². The summed E-state index contributed by atoms with van der Waals surface area (Å²) in [6.07, 6.45) is 0.975. The number of nitrogens with one attached hydrogen (secondary N) is 1. The molecule has 0 spiro atoms. The van der Waals surface area contributed by atoms with Crippen molar-refractivity contribution < 1.29 is 18.3 Å². The van der Waals surface area contributed by atoms with Gasteiger partial charge in [0, 0.05) is 5.54 Å². The van der Waals surface area contributed by atoms with Crippen molar-refractivity contribution in [3.05, 3.63) is 11.2 Å². The number of carboxylic acids is 1. The fraction of sp³-hybridized carbons (Fsp3) is 0.556. The topological polar surface area (TPSA) is 96.4 Å². The van der Waals surface area contributed by atoms with E-state index in [-0.39, 0.29) is 10.6 Å². The SMILES string of the molecule is Cc1ncc(S(=O)(=O)NC(C)(C)CC(=O)O)s1. The Hall–Kier alpha value is -0.990. The molecule has 1 aromatic heterocycles. The monoisotopic (exact) mass is 278 g/mol. The molecule has 6 nitrogen and oxygen atoms in total. The Kier molecular flexibility index (Phi) is 3.90. The fourth-order valence-corrected chi connectivity index (χ4v) is 3.81. The second-order valence-corrected chi connectivity index (χ2v) is 7.40. The first-order valence-corrected chi connectivity index (χ1v) is 7.10. The first kappa shape index (κ1) is 14.1. The summed E-state index contributed by atoms with van der Waals surface area (Å²) < 4.78 is 26.3. The van der Waals surface area contributed by atoms with Gasteiger partial charge < -0.3 is 5.11 Å². The highest BCUT2D eigenvalue weighted by atomic mass is 32.2. The van der Waals surface area contributed by atoms with Crippen LogP contribution >= 0.6 is 11.3 Å². The predicted octanol–water partition coefficient (Wildman–Crippen LogP) is 0.983. The Morgan fingerprint density at radius 3 is 2.59 bits per heavy atom. The first-order chi connectivity index (χ1) is 7.62. The van der Waals surface area contributed by atoms with E-state index in [1.807, 2.05) is 0 Å². The van der Waals surface area contributed by atoms with Crippen molar-refractivity contribution >= 4 is 27.3 Å². The smallest absolute Gasteiger partial charge is 0.305 e. The fourth-order valence-electron chi connectivity index (χ4n) is 1.29. The van der Waals surface area contributed by atoms with Gasteiger partial charge >= 0.3 is 5.97 Å². The van der Waals surface area contributed by atoms with E-state index < -0.39 is 21.5 Å². The summed E-state index contributed by atoms with van der Waals surface area (Å²) in [5, 5.41) is 9.32. The lowest BCUT2D eigenvalue weighted by Gasteiger charge is -2.23. The summed E-state index contributed by atoms with van der Waals surface area (Å²) in [5.74, 6) is -1.06. The van der Waals surface area contributed by atoms with Gasteiger partial charge in [-0.05, 0) is 20.8 Å². The molecular weight excluding hydrogens is 264 g/mol. The average molecular weight is 278 g/mol. The number of carboxylic acid groups (broad SMARTS) is 1. The van der Waals surface area contributed by atoms with E-state index in [0.717, 1.165) is 11.3 Å². The van der Waals surface area contributed by atoms with E-state index in [4.69, 9.17) is 5.11 Å². The van der Waals surface area contributed by atoms with Gasteiger partial charge in [-0.2, -0.15) is 0 Å². The number of aromatic nitrogens is 1. The van der Waals surface area contributed by atoms with Crippen LogP contribution in [0.4, 0.5) is 0 Å². The van der Waals surface area contributed by atoms with Crippen LogP contribution in [-0.2, 0) is 14.8 Å². The van der Waals surface area contributed by atoms with Gasteiger partial charge in [0.25, 0.3) is 10.0 Å². The Morgan fingerprint density at radius 2 is 2.18 bits per heavy atom. The second kappa shape index (κ2) is 4.71. The zero-order chi connectivity index (χ0) is 13.3. The normalized spacial score (nSPS) is 12.6. The van der Waals surface area contributed by atoms with E-state index in [1.165, 1.54) is 20.0 Å². The molecule has 2 N–H and O–H groups in total. The molecular formula is C9H14N2O4S2. The molecule has 0 aliphatic heterocycles. The highest BCUT2D eigenvalue weighted by molar-refractivity contribution is 7.91. The maximum absolute atomic E-state index is 11.9. The van der Waals surface area contributed by atoms with Gasteiger partial charge in [0.15, 0.2) is 4.21 Å². The molecule has 0 aliphatic carbocycles. The van der Waals surface area contributed by atoms with Crippen molar-refractivity contribution in [1.82, 2.24) is 9.71 Å². The van der Waals surface area contributed by atoms with Crippen molar-refractivity contribution in [2.75, 3.05) is 0 Å². The number of hydrogen-bond donors (Lipinski definition) is 2. The van der Waals surface area contributed by atoms with Crippen LogP contribution in [0.1, 0.15) is 25.3 Å². The Labute approximate surface area is 104 Å². The number of rotatable bonds is 5. The van der Waals surface area contributed by atoms with E-state index in [9.17, 15) is 13.2 Å². The van der Waals surface area contributed by atoms with Gasteiger partial charge in [-0.15, -0.1) is 11.3 Å². The van der Waals surface area contributed by atoms with Crippen molar-refractivity contribution in [3.63, 3.8) is 0 Å². The summed E-state index contributed by atoms with van der Waals surface area (Å²) >= 11 is 1.05. The molecule has 0 unspecified atom stereocenters. The molecule has 96 valence electrons. The van der Waals surface area contributed by atoms with Gasteiger partial charge in [0.2, 0.25) is 0 Å². The molecule has 1 aromatic rings. The molecule has 8 heteroatoms. The number of hydrogen-bond acceptors (Lipinski definition) is 5. The van der Waals surface area contributed by atoms with Crippen LogP contribution < -0.4 is 4.72 Å². The van der Waals surface area contributed by atoms with E-state index in [0.29, 0.717) is 5.01 Å². The van der Waals surface area contributed by atoms with E-state index in [1.54, 1.807) is 6.92 Å². The van der Waals surface area contributed by atoms with Crippen molar-refractivity contribution in [2.24, 2.45) is 0 Å². The van der Waals surface area contributed by atoms with Gasteiger partial charge in [0.05, 0.1) is 17.6 Å². The lowest BCUT2D eigenvalue weighted by Crippen LogP contribution is -2.44. The summed E-state index contributed by atoms with van der Waals surface area (Å²) in [6, 6.07) is 0. The third kappa shape index (κ3) is 4.06. The number of aliphatic carboxylic acids is 1. The van der Waals surface area contributed by atoms with Crippen LogP contribution in [0.3, 0.4) is 0 Å². The van der Waals surface area contributed by atoms with Crippen LogP contribution in [0.2, 0.25) is 0 Å². The van der Waals surface area contributed by atoms with Crippen LogP contribution in [0.5, 0.6) is 0 Å². The Balaban J connectivity index is 2.90. The van der Waals surface area contributed by atoms with Crippen molar-refractivity contribution in [3.8, 4) is 0 Å². The Morgan fingerprint density at radius 1 is 1.59 bits per heavy atom. The van der Waals surface area contributed by atoms with Gasteiger partial charge in [0.1, 0.15) is 0 Å².